The van der Waals surface area contributed by atoms with Crippen LogP contribution < -0.4 is 4.74 Å². The molecule has 1 aromatic heterocycles. The molecule has 1 aliphatic heterocycles. The summed E-state index contributed by atoms with van der Waals surface area (Å²) < 4.78 is 11.3. The summed E-state index contributed by atoms with van der Waals surface area (Å²) in [6, 6.07) is 3.90. The fraction of sp³-hybridized carbons (Fsp3) is 0.643. The standard InChI is InChI=1S/C14H20ClNO2/c1-11-6-7-14(13(10-15)16-11)18-9-3-5-12-4-2-8-17-12/h6-7,12H,2-5,8-10H2,1H3. The molecule has 0 aliphatic carbocycles. The third-order valence-corrected chi connectivity index (χ3v) is 3.40. The van der Waals surface area contributed by atoms with E-state index in [1.165, 1.54) is 12.8 Å². The van der Waals surface area contributed by atoms with Crippen molar-refractivity contribution in [2.45, 2.75) is 44.6 Å². The summed E-state index contributed by atoms with van der Waals surface area (Å²) in [5.41, 5.74) is 1.80. The molecule has 0 saturated carbocycles. The second-order valence-corrected chi connectivity index (χ2v) is 4.92. The predicted octanol–water partition coefficient (Wildman–Crippen LogP) is 3.47. The largest absolute Gasteiger partial charge is 0.492 e. The van der Waals surface area contributed by atoms with Crippen molar-refractivity contribution in [3.8, 4) is 5.75 Å². The molecule has 0 spiro atoms. The van der Waals surface area contributed by atoms with Crippen molar-refractivity contribution in [2.24, 2.45) is 0 Å². The maximum atomic E-state index is 5.86. The van der Waals surface area contributed by atoms with Crippen LogP contribution >= 0.6 is 11.6 Å². The quantitative estimate of drug-likeness (QED) is 0.585. The van der Waals surface area contributed by atoms with E-state index in [1.807, 2.05) is 19.1 Å². The van der Waals surface area contributed by atoms with Gasteiger partial charge in [0, 0.05) is 12.3 Å². The summed E-state index contributed by atoms with van der Waals surface area (Å²) in [6.07, 6.45) is 4.93. The summed E-state index contributed by atoms with van der Waals surface area (Å²) in [7, 11) is 0. The number of aryl methyl sites for hydroxylation is 1. The van der Waals surface area contributed by atoms with Gasteiger partial charge in [-0.15, -0.1) is 11.6 Å². The SMILES string of the molecule is Cc1ccc(OCCCC2CCCO2)c(CCl)n1. The first-order chi connectivity index (χ1) is 8.79. The van der Waals surface area contributed by atoms with Gasteiger partial charge in [-0.2, -0.15) is 0 Å². The van der Waals surface area contributed by atoms with Crippen molar-refractivity contribution in [1.29, 1.82) is 0 Å². The minimum atomic E-state index is 0.392. The van der Waals surface area contributed by atoms with Crippen LogP contribution in [0.3, 0.4) is 0 Å². The van der Waals surface area contributed by atoms with E-state index in [2.05, 4.69) is 4.98 Å². The lowest BCUT2D eigenvalue weighted by Gasteiger charge is -2.12. The first-order valence-electron chi connectivity index (χ1n) is 6.56. The van der Waals surface area contributed by atoms with Gasteiger partial charge in [-0.25, -0.2) is 0 Å². The number of nitrogens with zero attached hydrogens (tertiary/aromatic N) is 1. The number of ether oxygens (including phenoxy) is 2. The van der Waals surface area contributed by atoms with Gasteiger partial charge >= 0.3 is 0 Å². The van der Waals surface area contributed by atoms with Gasteiger partial charge in [0.05, 0.1) is 24.3 Å². The van der Waals surface area contributed by atoms with Crippen LogP contribution in [0.1, 0.15) is 37.1 Å². The summed E-state index contributed by atoms with van der Waals surface area (Å²) in [5.74, 6) is 1.20. The molecule has 1 unspecified atom stereocenters. The molecule has 4 heteroatoms. The van der Waals surface area contributed by atoms with Gasteiger partial charge in [-0.3, -0.25) is 4.98 Å². The molecule has 2 rings (SSSR count). The van der Waals surface area contributed by atoms with E-state index in [-0.39, 0.29) is 0 Å². The van der Waals surface area contributed by atoms with Crippen LogP contribution in [0.25, 0.3) is 0 Å². The number of aromatic nitrogens is 1. The normalized spacial score (nSPS) is 19.1. The van der Waals surface area contributed by atoms with Gasteiger partial charge in [0.2, 0.25) is 0 Å². The zero-order chi connectivity index (χ0) is 12.8. The molecular weight excluding hydrogens is 250 g/mol. The Morgan fingerprint density at radius 2 is 2.39 bits per heavy atom. The van der Waals surface area contributed by atoms with E-state index in [1.54, 1.807) is 0 Å². The highest BCUT2D eigenvalue weighted by Gasteiger charge is 2.14. The Morgan fingerprint density at radius 3 is 3.11 bits per heavy atom. The summed E-state index contributed by atoms with van der Waals surface area (Å²) in [6.45, 7) is 3.58. The molecule has 100 valence electrons. The van der Waals surface area contributed by atoms with Gasteiger partial charge in [0.1, 0.15) is 5.75 Å². The average molecular weight is 270 g/mol. The van der Waals surface area contributed by atoms with Crippen LogP contribution in [0.4, 0.5) is 0 Å². The summed E-state index contributed by atoms with van der Waals surface area (Å²) in [4.78, 5) is 4.37. The highest BCUT2D eigenvalue weighted by molar-refractivity contribution is 6.17. The van der Waals surface area contributed by atoms with E-state index in [4.69, 9.17) is 21.1 Å². The summed E-state index contributed by atoms with van der Waals surface area (Å²) in [5, 5.41) is 0. The Balaban J connectivity index is 1.75. The van der Waals surface area contributed by atoms with Crippen molar-refractivity contribution in [1.82, 2.24) is 4.98 Å². The van der Waals surface area contributed by atoms with Crippen LogP contribution in [-0.4, -0.2) is 24.3 Å². The fourth-order valence-corrected chi connectivity index (χ4v) is 2.38. The number of pyridine rings is 1. The molecule has 1 aromatic rings. The molecule has 1 saturated heterocycles. The molecule has 3 nitrogen and oxygen atoms in total. The molecule has 0 bridgehead atoms. The van der Waals surface area contributed by atoms with E-state index in [0.717, 1.165) is 36.6 Å². The fourth-order valence-electron chi connectivity index (χ4n) is 2.19. The second-order valence-electron chi connectivity index (χ2n) is 4.66. The van der Waals surface area contributed by atoms with Crippen LogP contribution in [0, 0.1) is 6.92 Å². The van der Waals surface area contributed by atoms with Crippen molar-refractivity contribution in [2.75, 3.05) is 13.2 Å². The van der Waals surface area contributed by atoms with E-state index in [0.29, 0.717) is 18.6 Å². The minimum Gasteiger partial charge on any atom is -0.492 e. The number of halogens is 1. The number of alkyl halides is 1. The van der Waals surface area contributed by atoms with Gasteiger partial charge in [-0.1, -0.05) is 0 Å². The number of hydrogen-bond acceptors (Lipinski definition) is 3. The van der Waals surface area contributed by atoms with E-state index < -0.39 is 0 Å². The number of hydrogen-bond donors (Lipinski definition) is 0. The van der Waals surface area contributed by atoms with Gasteiger partial charge in [-0.05, 0) is 44.7 Å². The Hall–Kier alpha value is -0.800. The van der Waals surface area contributed by atoms with Crippen molar-refractivity contribution >= 4 is 11.6 Å². The third-order valence-electron chi connectivity index (χ3n) is 3.15. The molecule has 18 heavy (non-hydrogen) atoms. The molecule has 1 atom stereocenters. The van der Waals surface area contributed by atoms with Crippen LogP contribution in [0.15, 0.2) is 12.1 Å². The second kappa shape index (κ2) is 6.95. The molecule has 1 fully saturated rings. The topological polar surface area (TPSA) is 31.4 Å². The van der Waals surface area contributed by atoms with E-state index in [9.17, 15) is 0 Å². The average Bonchev–Trinajstić information content (AvgIpc) is 2.89. The van der Waals surface area contributed by atoms with Gasteiger partial charge in [0.25, 0.3) is 0 Å². The number of rotatable bonds is 6. The zero-order valence-corrected chi connectivity index (χ0v) is 11.6. The maximum absolute atomic E-state index is 5.86. The lowest BCUT2D eigenvalue weighted by Crippen LogP contribution is -2.08. The smallest absolute Gasteiger partial charge is 0.142 e. The lowest BCUT2D eigenvalue weighted by atomic mass is 10.1. The Bertz CT molecular complexity index is 378. The molecule has 0 N–H and O–H groups in total. The highest BCUT2D eigenvalue weighted by Crippen LogP contribution is 2.20. The Labute approximate surface area is 113 Å². The van der Waals surface area contributed by atoms with Crippen molar-refractivity contribution in [3.63, 3.8) is 0 Å². The minimum absolute atomic E-state index is 0.392. The van der Waals surface area contributed by atoms with Crippen molar-refractivity contribution in [3.05, 3.63) is 23.5 Å². The maximum Gasteiger partial charge on any atom is 0.142 e. The third kappa shape index (κ3) is 3.85. The predicted molar refractivity (Wildman–Crippen MR) is 72.2 cm³/mol. The van der Waals surface area contributed by atoms with E-state index >= 15 is 0 Å². The first-order valence-corrected chi connectivity index (χ1v) is 7.10. The van der Waals surface area contributed by atoms with Crippen LogP contribution in [0.2, 0.25) is 0 Å². The lowest BCUT2D eigenvalue weighted by molar-refractivity contribution is 0.0981. The molecular formula is C14H20ClNO2. The monoisotopic (exact) mass is 269 g/mol. The Kier molecular flexibility index (Phi) is 5.26. The van der Waals surface area contributed by atoms with Gasteiger partial charge in [0.15, 0.2) is 0 Å². The van der Waals surface area contributed by atoms with Gasteiger partial charge < -0.3 is 9.47 Å². The van der Waals surface area contributed by atoms with Crippen LogP contribution in [0.5, 0.6) is 5.75 Å². The zero-order valence-electron chi connectivity index (χ0n) is 10.8. The molecule has 0 aromatic carbocycles. The summed E-state index contributed by atoms with van der Waals surface area (Å²) >= 11 is 5.86. The molecule has 1 aliphatic rings. The van der Waals surface area contributed by atoms with Crippen molar-refractivity contribution < 1.29 is 9.47 Å². The first kappa shape index (κ1) is 13.6. The molecule has 0 amide bonds. The van der Waals surface area contributed by atoms with Crippen LogP contribution in [-0.2, 0) is 10.6 Å². The Morgan fingerprint density at radius 1 is 1.50 bits per heavy atom. The molecule has 2 heterocycles. The molecule has 0 radical (unpaired) electrons. The highest BCUT2D eigenvalue weighted by atomic mass is 35.5.